The van der Waals surface area contributed by atoms with Gasteiger partial charge >= 0.3 is 6.18 Å². The molecule has 0 bridgehead atoms. The van der Waals surface area contributed by atoms with Crippen molar-refractivity contribution in [1.29, 1.82) is 0 Å². The van der Waals surface area contributed by atoms with E-state index in [9.17, 15) is 13.2 Å². The Balaban J connectivity index is 2.71. The van der Waals surface area contributed by atoms with Gasteiger partial charge in [0.15, 0.2) is 0 Å². The van der Waals surface area contributed by atoms with Crippen molar-refractivity contribution in [3.63, 3.8) is 0 Å². The van der Waals surface area contributed by atoms with Gasteiger partial charge in [-0.25, -0.2) is 9.97 Å². The summed E-state index contributed by atoms with van der Waals surface area (Å²) < 4.78 is 45.4. The van der Waals surface area contributed by atoms with Crippen molar-refractivity contribution < 1.29 is 22.6 Å². The number of rotatable bonds is 6. The minimum absolute atomic E-state index is 0.107. The summed E-state index contributed by atoms with van der Waals surface area (Å²) in [5.41, 5.74) is 0.535. The average Bonchev–Trinajstić information content (AvgIpc) is 2.26. The van der Waals surface area contributed by atoms with Crippen LogP contribution in [0.25, 0.3) is 5.76 Å². The molecule has 0 aromatic carbocycles. The fraction of sp³-hybridized carbons (Fsp3) is 0.455. The Labute approximate surface area is 113 Å². The predicted molar refractivity (Wildman–Crippen MR) is 63.4 cm³/mol. The predicted octanol–water partition coefficient (Wildman–Crippen LogP) is 3.22. The summed E-state index contributed by atoms with van der Waals surface area (Å²) in [5.74, 6) is 0.267. The van der Waals surface area contributed by atoms with E-state index >= 15 is 0 Å². The molecule has 106 valence electrons. The Morgan fingerprint density at radius 1 is 1.42 bits per heavy atom. The van der Waals surface area contributed by atoms with Crippen LogP contribution >= 0.6 is 11.6 Å². The highest BCUT2D eigenvalue weighted by Crippen LogP contribution is 2.18. The van der Waals surface area contributed by atoms with Crippen LogP contribution in [0, 0.1) is 0 Å². The lowest BCUT2D eigenvalue weighted by molar-refractivity contribution is -0.176. The second kappa shape index (κ2) is 6.72. The van der Waals surface area contributed by atoms with Crippen molar-refractivity contribution in [3.8, 4) is 0 Å². The average molecular weight is 297 g/mol. The summed E-state index contributed by atoms with van der Waals surface area (Å²) in [5, 5.41) is -0.107. The molecule has 0 aliphatic carbocycles. The van der Waals surface area contributed by atoms with Gasteiger partial charge in [-0.15, -0.1) is 0 Å². The van der Waals surface area contributed by atoms with Crippen molar-refractivity contribution in [2.75, 3.05) is 13.2 Å². The van der Waals surface area contributed by atoms with Crippen LogP contribution in [0.1, 0.15) is 18.3 Å². The number of alkyl halides is 3. The first-order valence-corrected chi connectivity index (χ1v) is 5.69. The van der Waals surface area contributed by atoms with Crippen LogP contribution in [0.3, 0.4) is 0 Å². The number of hydrogen-bond donors (Lipinski definition) is 0. The molecule has 1 heterocycles. The zero-order valence-corrected chi connectivity index (χ0v) is 10.9. The SMILES string of the molecule is C=C(OCC)c1cc(COCC(F)(F)F)nc(Cl)n1. The summed E-state index contributed by atoms with van der Waals surface area (Å²) in [6.45, 7) is 4.10. The molecule has 1 aromatic heterocycles. The maximum Gasteiger partial charge on any atom is 0.411 e. The maximum absolute atomic E-state index is 11.9. The zero-order chi connectivity index (χ0) is 14.5. The molecule has 19 heavy (non-hydrogen) atoms. The minimum atomic E-state index is -4.38. The van der Waals surface area contributed by atoms with Crippen LogP contribution in [0.5, 0.6) is 0 Å². The number of aromatic nitrogens is 2. The van der Waals surface area contributed by atoms with Crippen molar-refractivity contribution in [2.24, 2.45) is 0 Å². The number of nitrogens with zero attached hydrogens (tertiary/aromatic N) is 2. The van der Waals surface area contributed by atoms with Crippen LogP contribution in [0.4, 0.5) is 13.2 Å². The third-order valence-electron chi connectivity index (χ3n) is 1.87. The van der Waals surface area contributed by atoms with Crippen LogP contribution in [0.15, 0.2) is 12.6 Å². The van der Waals surface area contributed by atoms with Gasteiger partial charge in [0, 0.05) is 0 Å². The molecule has 0 aliphatic heterocycles. The van der Waals surface area contributed by atoms with Gasteiger partial charge < -0.3 is 9.47 Å². The Morgan fingerprint density at radius 2 is 2.11 bits per heavy atom. The highest BCUT2D eigenvalue weighted by Gasteiger charge is 2.27. The molecule has 0 spiro atoms. The van der Waals surface area contributed by atoms with Gasteiger partial charge in [0.2, 0.25) is 5.28 Å². The molecule has 1 rings (SSSR count). The number of hydrogen-bond acceptors (Lipinski definition) is 4. The standard InChI is InChI=1S/C11H12ClF3N2O2/c1-3-19-7(2)9-4-8(16-10(12)17-9)5-18-6-11(13,14)15/h4H,2-3,5-6H2,1H3. The maximum atomic E-state index is 11.9. The lowest BCUT2D eigenvalue weighted by Crippen LogP contribution is -2.17. The molecule has 0 N–H and O–H groups in total. The van der Waals surface area contributed by atoms with Gasteiger partial charge in [-0.1, -0.05) is 6.58 Å². The summed E-state index contributed by atoms with van der Waals surface area (Å²) in [6.07, 6.45) is -4.38. The van der Waals surface area contributed by atoms with E-state index in [1.807, 2.05) is 0 Å². The molecule has 8 heteroatoms. The molecular formula is C11H12ClF3N2O2. The monoisotopic (exact) mass is 296 g/mol. The first kappa shape index (κ1) is 15.7. The molecule has 0 unspecified atom stereocenters. The summed E-state index contributed by atoms with van der Waals surface area (Å²) >= 11 is 5.67. The molecule has 0 saturated carbocycles. The molecule has 4 nitrogen and oxygen atoms in total. The van der Waals surface area contributed by atoms with Gasteiger partial charge in [0.05, 0.1) is 18.9 Å². The van der Waals surface area contributed by atoms with Gasteiger partial charge in [-0.3, -0.25) is 0 Å². The minimum Gasteiger partial charge on any atom is -0.492 e. The van der Waals surface area contributed by atoms with Crippen LogP contribution in [-0.2, 0) is 16.1 Å². The Kier molecular flexibility index (Phi) is 5.56. The van der Waals surface area contributed by atoms with Gasteiger partial charge in [-0.05, 0) is 24.6 Å². The van der Waals surface area contributed by atoms with E-state index in [-0.39, 0.29) is 23.3 Å². The quantitative estimate of drug-likeness (QED) is 0.597. The highest BCUT2D eigenvalue weighted by molar-refractivity contribution is 6.28. The molecule has 0 atom stereocenters. The normalized spacial score (nSPS) is 11.4. The molecule has 0 aliphatic rings. The topological polar surface area (TPSA) is 44.2 Å². The Bertz CT molecular complexity index is 452. The zero-order valence-electron chi connectivity index (χ0n) is 10.1. The van der Waals surface area contributed by atoms with Crippen molar-refractivity contribution in [2.45, 2.75) is 19.7 Å². The van der Waals surface area contributed by atoms with Crippen LogP contribution in [-0.4, -0.2) is 29.4 Å². The Morgan fingerprint density at radius 3 is 2.68 bits per heavy atom. The molecule has 1 aromatic rings. The van der Waals surface area contributed by atoms with Crippen molar-refractivity contribution >= 4 is 17.4 Å². The molecule has 0 radical (unpaired) electrons. The van der Waals surface area contributed by atoms with Crippen LogP contribution < -0.4 is 0 Å². The summed E-state index contributed by atoms with van der Waals surface area (Å²) in [6, 6.07) is 1.42. The molecule has 0 saturated heterocycles. The van der Waals surface area contributed by atoms with Gasteiger partial charge in [0.1, 0.15) is 18.1 Å². The number of halogens is 4. The third-order valence-corrected chi connectivity index (χ3v) is 2.04. The van der Waals surface area contributed by atoms with E-state index in [2.05, 4.69) is 21.3 Å². The van der Waals surface area contributed by atoms with E-state index in [1.54, 1.807) is 6.92 Å². The van der Waals surface area contributed by atoms with E-state index in [4.69, 9.17) is 16.3 Å². The largest absolute Gasteiger partial charge is 0.492 e. The number of ether oxygens (including phenoxy) is 2. The molecule has 0 fully saturated rings. The smallest absolute Gasteiger partial charge is 0.411 e. The van der Waals surface area contributed by atoms with E-state index < -0.39 is 12.8 Å². The lowest BCUT2D eigenvalue weighted by atomic mass is 10.3. The van der Waals surface area contributed by atoms with E-state index in [0.29, 0.717) is 12.3 Å². The highest BCUT2D eigenvalue weighted by atomic mass is 35.5. The van der Waals surface area contributed by atoms with E-state index in [0.717, 1.165) is 0 Å². The Hall–Kier alpha value is -1.34. The van der Waals surface area contributed by atoms with Crippen LogP contribution in [0.2, 0.25) is 5.28 Å². The fourth-order valence-electron chi connectivity index (χ4n) is 1.20. The van der Waals surface area contributed by atoms with Gasteiger partial charge in [-0.2, -0.15) is 13.2 Å². The summed E-state index contributed by atoms with van der Waals surface area (Å²) in [7, 11) is 0. The summed E-state index contributed by atoms with van der Waals surface area (Å²) in [4.78, 5) is 7.62. The first-order chi connectivity index (χ1) is 8.81. The molecular weight excluding hydrogens is 285 g/mol. The lowest BCUT2D eigenvalue weighted by Gasteiger charge is -2.10. The fourth-order valence-corrected chi connectivity index (χ4v) is 1.40. The molecule has 0 amide bonds. The third kappa shape index (κ3) is 5.89. The first-order valence-electron chi connectivity index (χ1n) is 5.32. The van der Waals surface area contributed by atoms with E-state index in [1.165, 1.54) is 6.07 Å². The van der Waals surface area contributed by atoms with Gasteiger partial charge in [0.25, 0.3) is 0 Å². The van der Waals surface area contributed by atoms with Crippen molar-refractivity contribution in [1.82, 2.24) is 9.97 Å². The second-order valence-corrected chi connectivity index (χ2v) is 3.82. The second-order valence-electron chi connectivity index (χ2n) is 3.48. The van der Waals surface area contributed by atoms with Crippen molar-refractivity contribution in [3.05, 3.63) is 29.3 Å².